The molecule has 1 heterocycles. The molecule has 17 heavy (non-hydrogen) atoms. The highest BCUT2D eigenvalue weighted by Crippen LogP contribution is 2.26. The number of anilines is 1. The van der Waals surface area contributed by atoms with Crippen LogP contribution in [0.1, 0.15) is 38.5 Å². The third-order valence-electron chi connectivity index (χ3n) is 3.67. The summed E-state index contributed by atoms with van der Waals surface area (Å²) < 4.78 is 2.12. The van der Waals surface area contributed by atoms with E-state index in [9.17, 15) is 0 Å². The third-order valence-corrected chi connectivity index (χ3v) is 3.67. The van der Waals surface area contributed by atoms with Crippen LogP contribution in [-0.2, 0) is 7.05 Å². The molecule has 0 aromatic carbocycles. The molecule has 1 aromatic rings. The second kappa shape index (κ2) is 6.05. The topological polar surface area (TPSA) is 47.1 Å². The lowest BCUT2D eigenvalue weighted by molar-refractivity contribution is 0.407. The van der Waals surface area contributed by atoms with E-state index in [1.807, 2.05) is 12.4 Å². The molecule has 1 aliphatic rings. The lowest BCUT2D eigenvalue weighted by Crippen LogP contribution is -2.39. The minimum atomic E-state index is 0.663. The maximum atomic E-state index is 5.64. The molecule has 0 spiro atoms. The van der Waals surface area contributed by atoms with Crippen molar-refractivity contribution < 1.29 is 0 Å². The number of aryl methyl sites for hydroxylation is 1. The Morgan fingerprint density at radius 3 is 2.76 bits per heavy atom. The zero-order chi connectivity index (χ0) is 12.1. The second-order valence-corrected chi connectivity index (χ2v) is 4.97. The molecular weight excluding hydrogens is 212 g/mol. The van der Waals surface area contributed by atoms with Crippen LogP contribution in [0, 0.1) is 0 Å². The molecule has 1 fully saturated rings. The minimum absolute atomic E-state index is 0.663. The van der Waals surface area contributed by atoms with Gasteiger partial charge < -0.3 is 15.2 Å². The lowest BCUT2D eigenvalue weighted by Gasteiger charge is -2.35. The van der Waals surface area contributed by atoms with Crippen LogP contribution < -0.4 is 10.6 Å². The van der Waals surface area contributed by atoms with Gasteiger partial charge in [-0.15, -0.1) is 0 Å². The third kappa shape index (κ3) is 3.00. The summed E-state index contributed by atoms with van der Waals surface area (Å²) in [6.07, 6.45) is 11.7. The molecule has 0 unspecified atom stereocenters. The fourth-order valence-electron chi connectivity index (χ4n) is 2.73. The first-order valence-electron chi connectivity index (χ1n) is 6.77. The van der Waals surface area contributed by atoms with Gasteiger partial charge in [0, 0.05) is 32.0 Å². The van der Waals surface area contributed by atoms with Gasteiger partial charge in [0.2, 0.25) is 5.95 Å². The van der Waals surface area contributed by atoms with Gasteiger partial charge >= 0.3 is 0 Å². The molecule has 0 bridgehead atoms. The minimum Gasteiger partial charge on any atom is -0.339 e. The molecule has 4 heteroatoms. The van der Waals surface area contributed by atoms with Gasteiger partial charge in [-0.3, -0.25) is 0 Å². The Morgan fingerprint density at radius 2 is 2.18 bits per heavy atom. The average Bonchev–Trinajstić information content (AvgIpc) is 2.78. The zero-order valence-corrected chi connectivity index (χ0v) is 10.8. The van der Waals surface area contributed by atoms with Crippen molar-refractivity contribution in [3.63, 3.8) is 0 Å². The van der Waals surface area contributed by atoms with Gasteiger partial charge in [0.25, 0.3) is 0 Å². The van der Waals surface area contributed by atoms with E-state index < -0.39 is 0 Å². The summed E-state index contributed by atoms with van der Waals surface area (Å²) >= 11 is 0. The van der Waals surface area contributed by atoms with Gasteiger partial charge in [-0.1, -0.05) is 19.3 Å². The molecule has 0 radical (unpaired) electrons. The van der Waals surface area contributed by atoms with Gasteiger partial charge in [0.05, 0.1) is 0 Å². The Kier molecular flexibility index (Phi) is 4.42. The number of hydrogen-bond acceptors (Lipinski definition) is 3. The Morgan fingerprint density at radius 1 is 1.41 bits per heavy atom. The zero-order valence-electron chi connectivity index (χ0n) is 10.8. The first kappa shape index (κ1) is 12.4. The summed E-state index contributed by atoms with van der Waals surface area (Å²) in [6, 6.07) is 0.663. The highest BCUT2D eigenvalue weighted by atomic mass is 15.3. The summed E-state index contributed by atoms with van der Waals surface area (Å²) in [5.41, 5.74) is 5.64. The van der Waals surface area contributed by atoms with Crippen molar-refractivity contribution in [2.45, 2.75) is 44.6 Å². The van der Waals surface area contributed by atoms with E-state index in [0.29, 0.717) is 6.04 Å². The van der Waals surface area contributed by atoms with E-state index >= 15 is 0 Å². The van der Waals surface area contributed by atoms with E-state index in [0.717, 1.165) is 25.5 Å². The highest BCUT2D eigenvalue weighted by molar-refractivity contribution is 5.33. The van der Waals surface area contributed by atoms with Crippen molar-refractivity contribution in [3.8, 4) is 0 Å². The normalized spacial score (nSPS) is 17.3. The Balaban J connectivity index is 2.09. The van der Waals surface area contributed by atoms with Crippen molar-refractivity contribution in [1.29, 1.82) is 0 Å². The molecule has 0 saturated heterocycles. The van der Waals surface area contributed by atoms with Crippen molar-refractivity contribution in [2.24, 2.45) is 12.8 Å². The molecule has 4 nitrogen and oxygen atoms in total. The van der Waals surface area contributed by atoms with Crippen molar-refractivity contribution in [3.05, 3.63) is 12.4 Å². The van der Waals surface area contributed by atoms with E-state index in [1.165, 1.54) is 32.1 Å². The molecule has 2 rings (SSSR count). The Bertz CT molecular complexity index is 328. The van der Waals surface area contributed by atoms with Crippen molar-refractivity contribution in [2.75, 3.05) is 18.0 Å². The van der Waals surface area contributed by atoms with Crippen LogP contribution in [0.4, 0.5) is 5.95 Å². The van der Waals surface area contributed by atoms with Gasteiger partial charge in [0.15, 0.2) is 0 Å². The Hall–Kier alpha value is -1.03. The summed E-state index contributed by atoms with van der Waals surface area (Å²) in [7, 11) is 2.07. The average molecular weight is 236 g/mol. The summed E-state index contributed by atoms with van der Waals surface area (Å²) in [4.78, 5) is 6.96. The predicted molar refractivity (Wildman–Crippen MR) is 71.1 cm³/mol. The summed E-state index contributed by atoms with van der Waals surface area (Å²) in [5, 5.41) is 0. The molecular formula is C13H24N4. The Labute approximate surface area is 104 Å². The van der Waals surface area contributed by atoms with Gasteiger partial charge in [-0.05, 0) is 25.8 Å². The molecule has 1 saturated carbocycles. The van der Waals surface area contributed by atoms with E-state index in [1.54, 1.807) is 0 Å². The summed E-state index contributed by atoms with van der Waals surface area (Å²) in [5.74, 6) is 1.10. The molecule has 0 amide bonds. The van der Waals surface area contributed by atoms with E-state index in [2.05, 4.69) is 21.5 Å². The summed E-state index contributed by atoms with van der Waals surface area (Å²) in [6.45, 7) is 1.79. The van der Waals surface area contributed by atoms with Crippen LogP contribution in [-0.4, -0.2) is 28.7 Å². The van der Waals surface area contributed by atoms with Crippen LogP contribution in [0.2, 0.25) is 0 Å². The second-order valence-electron chi connectivity index (χ2n) is 4.97. The smallest absolute Gasteiger partial charge is 0.205 e. The number of nitrogens with two attached hydrogens (primary N) is 1. The van der Waals surface area contributed by atoms with Crippen LogP contribution >= 0.6 is 0 Å². The number of imidazole rings is 1. The fraction of sp³-hybridized carbons (Fsp3) is 0.769. The molecule has 2 N–H and O–H groups in total. The molecule has 96 valence electrons. The van der Waals surface area contributed by atoms with Gasteiger partial charge in [-0.2, -0.15) is 0 Å². The van der Waals surface area contributed by atoms with E-state index in [4.69, 9.17) is 5.73 Å². The van der Waals surface area contributed by atoms with Crippen LogP contribution in [0.15, 0.2) is 12.4 Å². The molecule has 0 atom stereocenters. The molecule has 0 aliphatic heterocycles. The first-order chi connectivity index (χ1) is 8.33. The number of rotatable bonds is 5. The van der Waals surface area contributed by atoms with Crippen molar-refractivity contribution >= 4 is 5.95 Å². The maximum Gasteiger partial charge on any atom is 0.205 e. The quantitative estimate of drug-likeness (QED) is 0.849. The number of nitrogens with zero attached hydrogens (tertiary/aromatic N) is 3. The standard InChI is InChI=1S/C13H24N4/c1-16-11-9-15-13(16)17(10-5-8-14)12-6-3-2-4-7-12/h9,11-12H,2-8,10,14H2,1H3. The number of aromatic nitrogens is 2. The lowest BCUT2D eigenvalue weighted by atomic mass is 9.94. The van der Waals surface area contributed by atoms with Crippen LogP contribution in [0.5, 0.6) is 0 Å². The van der Waals surface area contributed by atoms with Crippen LogP contribution in [0.25, 0.3) is 0 Å². The van der Waals surface area contributed by atoms with Crippen LogP contribution in [0.3, 0.4) is 0 Å². The number of hydrogen-bond donors (Lipinski definition) is 1. The molecule has 1 aromatic heterocycles. The first-order valence-corrected chi connectivity index (χ1v) is 6.77. The monoisotopic (exact) mass is 236 g/mol. The fourth-order valence-corrected chi connectivity index (χ4v) is 2.73. The molecule has 1 aliphatic carbocycles. The SMILES string of the molecule is Cn1ccnc1N(CCCN)C1CCCCC1. The maximum absolute atomic E-state index is 5.64. The highest BCUT2D eigenvalue weighted by Gasteiger charge is 2.23. The van der Waals surface area contributed by atoms with Gasteiger partial charge in [-0.25, -0.2) is 4.98 Å². The van der Waals surface area contributed by atoms with E-state index in [-0.39, 0.29) is 0 Å². The van der Waals surface area contributed by atoms with Gasteiger partial charge in [0.1, 0.15) is 0 Å². The predicted octanol–water partition coefficient (Wildman–Crippen LogP) is 1.91. The largest absolute Gasteiger partial charge is 0.339 e. The van der Waals surface area contributed by atoms with Crippen molar-refractivity contribution in [1.82, 2.24) is 9.55 Å².